The predicted octanol–water partition coefficient (Wildman–Crippen LogP) is -0.273. The average molecular weight is 259 g/mol. The molecule has 6 nitrogen and oxygen atoms in total. The number of nitrogens with one attached hydrogen (secondary N) is 1. The van der Waals surface area contributed by atoms with Crippen molar-refractivity contribution in [3.05, 3.63) is 0 Å². The van der Waals surface area contributed by atoms with Crippen molar-refractivity contribution < 1.29 is 14.3 Å². The first-order valence-corrected chi connectivity index (χ1v) is 6.31. The Morgan fingerprint density at radius 2 is 2.00 bits per heavy atom. The summed E-state index contributed by atoms with van der Waals surface area (Å²) in [7, 11) is 3.21. The van der Waals surface area contributed by atoms with Gasteiger partial charge in [0.1, 0.15) is 0 Å². The van der Waals surface area contributed by atoms with Crippen molar-refractivity contribution in [2.75, 3.05) is 40.4 Å². The zero-order chi connectivity index (χ0) is 13.8. The third-order valence-electron chi connectivity index (χ3n) is 2.53. The maximum absolute atomic E-state index is 11.7. The second-order valence-corrected chi connectivity index (χ2v) is 4.19. The Morgan fingerprint density at radius 1 is 1.28 bits per heavy atom. The van der Waals surface area contributed by atoms with Crippen LogP contribution in [-0.4, -0.2) is 57.1 Å². The van der Waals surface area contributed by atoms with Crippen molar-refractivity contribution in [2.45, 2.75) is 25.7 Å². The van der Waals surface area contributed by atoms with Gasteiger partial charge < -0.3 is 20.7 Å². The van der Waals surface area contributed by atoms with Gasteiger partial charge in [0.25, 0.3) is 0 Å². The van der Waals surface area contributed by atoms with Gasteiger partial charge in [-0.3, -0.25) is 9.59 Å². The summed E-state index contributed by atoms with van der Waals surface area (Å²) >= 11 is 0. The van der Waals surface area contributed by atoms with Crippen molar-refractivity contribution in [3.63, 3.8) is 0 Å². The van der Waals surface area contributed by atoms with Crippen molar-refractivity contribution >= 4 is 11.8 Å². The molecule has 0 bridgehead atoms. The van der Waals surface area contributed by atoms with Crippen molar-refractivity contribution in [2.24, 2.45) is 5.73 Å². The van der Waals surface area contributed by atoms with Crippen molar-refractivity contribution in [1.82, 2.24) is 10.2 Å². The number of nitrogens with two attached hydrogens (primary N) is 1. The number of hydrogen-bond donors (Lipinski definition) is 2. The van der Waals surface area contributed by atoms with E-state index in [0.29, 0.717) is 26.1 Å². The molecular weight excluding hydrogens is 234 g/mol. The molecule has 0 aromatic carbocycles. The van der Waals surface area contributed by atoms with Crippen LogP contribution >= 0.6 is 0 Å². The molecule has 3 N–H and O–H groups in total. The minimum atomic E-state index is -0.162. The topological polar surface area (TPSA) is 84.7 Å². The molecule has 2 amide bonds. The van der Waals surface area contributed by atoms with Gasteiger partial charge in [-0.2, -0.15) is 0 Å². The molecule has 0 heterocycles. The highest BCUT2D eigenvalue weighted by Gasteiger charge is 2.11. The summed E-state index contributed by atoms with van der Waals surface area (Å²) in [6.45, 7) is 1.70. The summed E-state index contributed by atoms with van der Waals surface area (Å²) in [6, 6.07) is 0. The number of amides is 2. The van der Waals surface area contributed by atoms with Crippen LogP contribution in [0.4, 0.5) is 0 Å². The number of likely N-dealkylation sites (N-methyl/N-ethyl adjacent to an activating group) is 1. The predicted molar refractivity (Wildman–Crippen MR) is 70.0 cm³/mol. The van der Waals surface area contributed by atoms with Gasteiger partial charge in [-0.15, -0.1) is 0 Å². The molecule has 0 radical (unpaired) electrons. The van der Waals surface area contributed by atoms with E-state index in [4.69, 9.17) is 10.5 Å². The molecule has 0 rings (SSSR count). The first-order valence-electron chi connectivity index (χ1n) is 6.31. The smallest absolute Gasteiger partial charge is 0.239 e. The molecule has 0 fully saturated rings. The lowest BCUT2D eigenvalue weighted by Crippen LogP contribution is -2.39. The normalized spacial score (nSPS) is 10.2. The highest BCUT2D eigenvalue weighted by Crippen LogP contribution is 2.01. The lowest BCUT2D eigenvalue weighted by Gasteiger charge is -2.16. The highest BCUT2D eigenvalue weighted by molar-refractivity contribution is 5.84. The third kappa shape index (κ3) is 8.95. The first-order chi connectivity index (χ1) is 8.61. The Labute approximate surface area is 109 Å². The third-order valence-corrected chi connectivity index (χ3v) is 2.53. The van der Waals surface area contributed by atoms with Gasteiger partial charge in [0.05, 0.1) is 13.2 Å². The largest absolute Gasteiger partial charge is 0.383 e. The molecule has 0 spiro atoms. The Balaban J connectivity index is 3.68. The standard InChI is InChI=1S/C12H25N3O3/c1-15(10-11(16)14-8-9-18-2)12(17)6-4-3-5-7-13/h3-10,13H2,1-2H3,(H,14,16). The molecular formula is C12H25N3O3. The Bertz CT molecular complexity index is 247. The summed E-state index contributed by atoms with van der Waals surface area (Å²) in [6.07, 6.45) is 3.19. The van der Waals surface area contributed by atoms with Crippen LogP contribution in [0.2, 0.25) is 0 Å². The molecule has 0 unspecified atom stereocenters. The van der Waals surface area contributed by atoms with Crippen LogP contribution in [0.3, 0.4) is 0 Å². The summed E-state index contributed by atoms with van der Waals surface area (Å²) in [5.74, 6) is -0.168. The summed E-state index contributed by atoms with van der Waals surface area (Å²) in [4.78, 5) is 24.5. The van der Waals surface area contributed by atoms with Crippen molar-refractivity contribution in [1.29, 1.82) is 0 Å². The minimum absolute atomic E-state index is 0.00564. The van der Waals surface area contributed by atoms with E-state index in [2.05, 4.69) is 5.32 Å². The van der Waals surface area contributed by atoms with Gasteiger partial charge in [-0.25, -0.2) is 0 Å². The van der Waals surface area contributed by atoms with Crippen LogP contribution in [0, 0.1) is 0 Å². The maximum Gasteiger partial charge on any atom is 0.239 e. The van der Waals surface area contributed by atoms with Gasteiger partial charge >= 0.3 is 0 Å². The van der Waals surface area contributed by atoms with Crippen LogP contribution in [0.25, 0.3) is 0 Å². The van der Waals surface area contributed by atoms with Crippen LogP contribution in [0.15, 0.2) is 0 Å². The zero-order valence-electron chi connectivity index (χ0n) is 11.4. The average Bonchev–Trinajstić information content (AvgIpc) is 2.34. The van der Waals surface area contributed by atoms with Gasteiger partial charge in [0, 0.05) is 27.1 Å². The van der Waals surface area contributed by atoms with E-state index in [1.807, 2.05) is 0 Å². The van der Waals surface area contributed by atoms with Crippen LogP contribution in [-0.2, 0) is 14.3 Å². The van der Waals surface area contributed by atoms with Gasteiger partial charge in [0.15, 0.2) is 0 Å². The number of unbranched alkanes of at least 4 members (excludes halogenated alkanes) is 2. The van der Waals surface area contributed by atoms with Crippen LogP contribution in [0.5, 0.6) is 0 Å². The lowest BCUT2D eigenvalue weighted by molar-refractivity contribution is -0.134. The van der Waals surface area contributed by atoms with Crippen molar-refractivity contribution in [3.8, 4) is 0 Å². The summed E-state index contributed by atoms with van der Waals surface area (Å²) < 4.78 is 4.82. The molecule has 106 valence electrons. The van der Waals surface area contributed by atoms with Gasteiger partial charge in [0.2, 0.25) is 11.8 Å². The minimum Gasteiger partial charge on any atom is -0.383 e. The van der Waals surface area contributed by atoms with E-state index in [0.717, 1.165) is 19.3 Å². The van der Waals surface area contributed by atoms with E-state index < -0.39 is 0 Å². The Kier molecular flexibility index (Phi) is 10.3. The monoisotopic (exact) mass is 259 g/mol. The molecule has 0 aromatic heterocycles. The van der Waals surface area contributed by atoms with Crippen LogP contribution in [0.1, 0.15) is 25.7 Å². The first kappa shape index (κ1) is 16.9. The van der Waals surface area contributed by atoms with E-state index in [1.54, 1.807) is 14.2 Å². The number of hydrogen-bond acceptors (Lipinski definition) is 4. The maximum atomic E-state index is 11.7. The molecule has 6 heteroatoms. The molecule has 0 atom stereocenters. The zero-order valence-corrected chi connectivity index (χ0v) is 11.4. The quantitative estimate of drug-likeness (QED) is 0.529. The number of carbonyl (C=O) groups is 2. The van der Waals surface area contributed by atoms with E-state index in [9.17, 15) is 9.59 Å². The highest BCUT2D eigenvalue weighted by atomic mass is 16.5. The second-order valence-electron chi connectivity index (χ2n) is 4.19. The van der Waals surface area contributed by atoms with E-state index in [1.165, 1.54) is 4.90 Å². The molecule has 0 saturated heterocycles. The Morgan fingerprint density at radius 3 is 2.61 bits per heavy atom. The van der Waals surface area contributed by atoms with Gasteiger partial charge in [-0.1, -0.05) is 6.42 Å². The van der Waals surface area contributed by atoms with E-state index >= 15 is 0 Å². The fourth-order valence-corrected chi connectivity index (χ4v) is 1.44. The number of rotatable bonds is 10. The lowest BCUT2D eigenvalue weighted by atomic mass is 10.2. The SMILES string of the molecule is COCCNC(=O)CN(C)C(=O)CCCCCN. The fourth-order valence-electron chi connectivity index (χ4n) is 1.44. The molecule has 0 aliphatic rings. The number of carbonyl (C=O) groups excluding carboxylic acids is 2. The summed E-state index contributed by atoms with van der Waals surface area (Å²) in [5, 5.41) is 2.67. The molecule has 0 saturated carbocycles. The molecule has 0 aliphatic heterocycles. The van der Waals surface area contributed by atoms with Crippen LogP contribution < -0.4 is 11.1 Å². The number of ether oxygens (including phenoxy) is 1. The fraction of sp³-hybridized carbons (Fsp3) is 0.833. The van der Waals surface area contributed by atoms with E-state index in [-0.39, 0.29) is 18.4 Å². The number of nitrogens with zero attached hydrogens (tertiary/aromatic N) is 1. The molecule has 0 aromatic rings. The Hall–Kier alpha value is -1.14. The molecule has 0 aliphatic carbocycles. The summed E-state index contributed by atoms with van der Waals surface area (Å²) in [5.41, 5.74) is 5.37. The number of methoxy groups -OCH3 is 1. The van der Waals surface area contributed by atoms with Gasteiger partial charge in [-0.05, 0) is 19.4 Å². The molecule has 18 heavy (non-hydrogen) atoms. The second kappa shape index (κ2) is 11.0.